The van der Waals surface area contributed by atoms with Crippen molar-refractivity contribution in [1.82, 2.24) is 4.98 Å². The highest BCUT2D eigenvalue weighted by Crippen LogP contribution is 2.34. The molecule has 4 N–H and O–H groups in total. The first kappa shape index (κ1) is 14.3. The summed E-state index contributed by atoms with van der Waals surface area (Å²) in [5.41, 5.74) is 11.2. The van der Waals surface area contributed by atoms with Crippen LogP contribution in [0.5, 0.6) is 0 Å². The Kier molecular flexibility index (Phi) is 4.13. The van der Waals surface area contributed by atoms with Gasteiger partial charge in [0, 0.05) is 5.25 Å². The molecule has 1 aromatic carbocycles. The van der Waals surface area contributed by atoms with Gasteiger partial charge in [-0.15, -0.1) is 11.3 Å². The molecular weight excluding hydrogens is 278 g/mol. The van der Waals surface area contributed by atoms with Gasteiger partial charge in [-0.2, -0.15) is 0 Å². The molecule has 6 heteroatoms. The summed E-state index contributed by atoms with van der Waals surface area (Å²) >= 11 is 3.29. The SMILES string of the molecule is CC(CC(C)(N)C(N)=O)Sc1nc2ccccc2s1. The lowest BCUT2D eigenvalue weighted by Gasteiger charge is -2.23. The maximum Gasteiger partial charge on any atom is 0.237 e. The van der Waals surface area contributed by atoms with Gasteiger partial charge < -0.3 is 11.5 Å². The van der Waals surface area contributed by atoms with Crippen LogP contribution in [0, 0.1) is 0 Å². The third kappa shape index (κ3) is 3.46. The zero-order valence-corrected chi connectivity index (χ0v) is 12.6. The molecule has 19 heavy (non-hydrogen) atoms. The van der Waals surface area contributed by atoms with Crippen LogP contribution >= 0.6 is 23.1 Å². The van der Waals surface area contributed by atoms with Crippen molar-refractivity contribution in [2.45, 2.75) is 35.4 Å². The number of primary amides is 1. The maximum absolute atomic E-state index is 11.2. The van der Waals surface area contributed by atoms with E-state index in [0.717, 1.165) is 9.86 Å². The number of thiazole rings is 1. The van der Waals surface area contributed by atoms with Crippen molar-refractivity contribution >= 4 is 39.2 Å². The Balaban J connectivity index is 2.06. The van der Waals surface area contributed by atoms with E-state index in [1.165, 1.54) is 4.70 Å². The van der Waals surface area contributed by atoms with E-state index in [1.54, 1.807) is 30.0 Å². The molecule has 2 atom stereocenters. The minimum Gasteiger partial charge on any atom is -0.368 e. The fraction of sp³-hybridized carbons (Fsp3) is 0.385. The van der Waals surface area contributed by atoms with Crippen LogP contribution in [-0.2, 0) is 4.79 Å². The maximum atomic E-state index is 11.2. The van der Waals surface area contributed by atoms with Gasteiger partial charge >= 0.3 is 0 Å². The van der Waals surface area contributed by atoms with Crippen molar-refractivity contribution in [3.8, 4) is 0 Å². The molecule has 0 aliphatic heterocycles. The summed E-state index contributed by atoms with van der Waals surface area (Å²) in [5, 5.41) is 0.183. The molecule has 0 spiro atoms. The second kappa shape index (κ2) is 5.48. The lowest BCUT2D eigenvalue weighted by molar-refractivity contribution is -0.122. The van der Waals surface area contributed by atoms with E-state index >= 15 is 0 Å². The summed E-state index contributed by atoms with van der Waals surface area (Å²) < 4.78 is 2.16. The van der Waals surface area contributed by atoms with Gasteiger partial charge in [0.05, 0.1) is 15.8 Å². The second-order valence-electron chi connectivity index (χ2n) is 4.86. The number of carbonyl (C=O) groups excluding carboxylic acids is 1. The van der Waals surface area contributed by atoms with E-state index in [2.05, 4.69) is 11.1 Å². The predicted octanol–water partition coefficient (Wildman–Crippen LogP) is 2.37. The van der Waals surface area contributed by atoms with Gasteiger partial charge in [-0.3, -0.25) is 4.79 Å². The molecule has 102 valence electrons. The summed E-state index contributed by atoms with van der Waals surface area (Å²) in [6, 6.07) is 8.03. The zero-order chi connectivity index (χ0) is 14.0. The molecule has 0 aliphatic carbocycles. The Morgan fingerprint density at radius 3 is 2.84 bits per heavy atom. The number of carbonyl (C=O) groups is 1. The van der Waals surface area contributed by atoms with Crippen LogP contribution in [0.2, 0.25) is 0 Å². The van der Waals surface area contributed by atoms with Gasteiger partial charge in [0.15, 0.2) is 4.34 Å². The molecule has 0 saturated carbocycles. The van der Waals surface area contributed by atoms with Crippen LogP contribution in [0.1, 0.15) is 20.3 Å². The van der Waals surface area contributed by atoms with E-state index in [-0.39, 0.29) is 5.25 Å². The third-order valence-electron chi connectivity index (χ3n) is 2.85. The van der Waals surface area contributed by atoms with E-state index in [1.807, 2.05) is 25.1 Å². The molecule has 1 amide bonds. The Hall–Kier alpha value is -1.11. The van der Waals surface area contributed by atoms with Crippen molar-refractivity contribution in [3.05, 3.63) is 24.3 Å². The van der Waals surface area contributed by atoms with Crippen molar-refractivity contribution in [2.24, 2.45) is 11.5 Å². The Labute approximate surface area is 120 Å². The summed E-state index contributed by atoms with van der Waals surface area (Å²) in [4.78, 5) is 15.8. The minimum absolute atomic E-state index is 0.183. The monoisotopic (exact) mass is 295 g/mol. The lowest BCUT2D eigenvalue weighted by atomic mass is 9.97. The molecule has 0 bridgehead atoms. The molecule has 2 unspecified atom stereocenters. The van der Waals surface area contributed by atoms with Gasteiger partial charge in [-0.05, 0) is 25.5 Å². The third-order valence-corrected chi connectivity index (χ3v) is 5.08. The molecule has 1 heterocycles. The van der Waals surface area contributed by atoms with Crippen molar-refractivity contribution < 1.29 is 4.79 Å². The second-order valence-corrected chi connectivity index (χ2v) is 7.58. The first-order valence-electron chi connectivity index (χ1n) is 5.99. The van der Waals surface area contributed by atoms with Crippen molar-refractivity contribution in [3.63, 3.8) is 0 Å². The summed E-state index contributed by atoms with van der Waals surface area (Å²) in [5.74, 6) is -0.468. The normalized spacial score (nSPS) is 16.2. The zero-order valence-electron chi connectivity index (χ0n) is 10.9. The quantitative estimate of drug-likeness (QED) is 0.830. The first-order valence-corrected chi connectivity index (χ1v) is 7.69. The molecule has 4 nitrogen and oxygen atoms in total. The number of para-hydroxylation sites is 1. The van der Waals surface area contributed by atoms with Crippen LogP contribution in [0.25, 0.3) is 10.2 Å². The van der Waals surface area contributed by atoms with E-state index in [9.17, 15) is 4.79 Å². The Morgan fingerprint density at radius 2 is 2.21 bits per heavy atom. The number of thioether (sulfide) groups is 1. The van der Waals surface area contributed by atoms with Crippen LogP contribution in [0.15, 0.2) is 28.6 Å². The molecule has 0 saturated heterocycles. The van der Waals surface area contributed by atoms with E-state index < -0.39 is 11.4 Å². The summed E-state index contributed by atoms with van der Waals surface area (Å²) in [7, 11) is 0. The van der Waals surface area contributed by atoms with Crippen LogP contribution in [0.3, 0.4) is 0 Å². The number of hydrogen-bond donors (Lipinski definition) is 2. The largest absolute Gasteiger partial charge is 0.368 e. The number of hydrogen-bond acceptors (Lipinski definition) is 5. The lowest BCUT2D eigenvalue weighted by Crippen LogP contribution is -2.50. The number of fused-ring (bicyclic) bond motifs is 1. The van der Waals surface area contributed by atoms with Crippen molar-refractivity contribution in [1.29, 1.82) is 0 Å². The van der Waals surface area contributed by atoms with Gasteiger partial charge in [0.2, 0.25) is 5.91 Å². The summed E-state index contributed by atoms with van der Waals surface area (Å²) in [6.45, 7) is 3.70. The van der Waals surface area contributed by atoms with Gasteiger partial charge in [-0.25, -0.2) is 4.98 Å². The van der Waals surface area contributed by atoms with Gasteiger partial charge in [0.1, 0.15) is 0 Å². The average molecular weight is 295 g/mol. The Morgan fingerprint density at radius 1 is 1.53 bits per heavy atom. The summed E-state index contributed by atoms with van der Waals surface area (Å²) in [6.07, 6.45) is 0.531. The predicted molar refractivity (Wildman–Crippen MR) is 81.3 cm³/mol. The Bertz CT molecular complexity index is 561. The number of nitrogens with two attached hydrogens (primary N) is 2. The molecule has 2 rings (SSSR count). The highest BCUT2D eigenvalue weighted by Gasteiger charge is 2.28. The smallest absolute Gasteiger partial charge is 0.237 e. The van der Waals surface area contributed by atoms with Crippen LogP contribution < -0.4 is 11.5 Å². The first-order chi connectivity index (χ1) is 8.88. The molecule has 2 aromatic rings. The van der Waals surface area contributed by atoms with Gasteiger partial charge in [0.25, 0.3) is 0 Å². The topological polar surface area (TPSA) is 82.0 Å². The fourth-order valence-electron chi connectivity index (χ4n) is 1.81. The highest BCUT2D eigenvalue weighted by molar-refractivity contribution is 8.01. The number of benzene rings is 1. The van der Waals surface area contributed by atoms with Crippen molar-refractivity contribution in [2.75, 3.05) is 0 Å². The minimum atomic E-state index is -0.969. The highest BCUT2D eigenvalue weighted by atomic mass is 32.2. The molecule has 0 radical (unpaired) electrons. The fourth-order valence-corrected chi connectivity index (χ4v) is 4.39. The van der Waals surface area contributed by atoms with Crippen LogP contribution in [0.4, 0.5) is 0 Å². The van der Waals surface area contributed by atoms with E-state index in [0.29, 0.717) is 6.42 Å². The standard InChI is InChI=1S/C13H17N3OS2/c1-8(7-13(2,15)11(14)17)18-12-16-9-5-3-4-6-10(9)19-12/h3-6,8H,7,15H2,1-2H3,(H2,14,17). The molecule has 1 aromatic heterocycles. The molecule has 0 fully saturated rings. The van der Waals surface area contributed by atoms with Gasteiger partial charge in [-0.1, -0.05) is 30.8 Å². The van der Waals surface area contributed by atoms with Crippen LogP contribution in [-0.4, -0.2) is 21.7 Å². The average Bonchev–Trinajstić information content (AvgIpc) is 2.69. The number of rotatable bonds is 5. The molecule has 0 aliphatic rings. The number of nitrogens with zero attached hydrogens (tertiary/aromatic N) is 1. The number of amides is 1. The number of aromatic nitrogens is 1. The molecular formula is C13H17N3OS2. The van der Waals surface area contributed by atoms with E-state index in [4.69, 9.17) is 11.5 Å².